The fourth-order valence-corrected chi connectivity index (χ4v) is 9.04. The van der Waals surface area contributed by atoms with Crippen LogP contribution in [0, 0.1) is 41.7 Å². The van der Waals surface area contributed by atoms with Crippen molar-refractivity contribution in [2.24, 2.45) is 0 Å². The Bertz CT molecular complexity index is 3760. The SMILES string of the molecule is c1ccc(-c2cc(-n3c4ccccc4c4c5c(c6c7ccccc7oc6c43)=c3ccccc3=c3ccccc3=c3ccccc3=5)nc(-c3ccccc3)n2)cc1. The topological polar surface area (TPSA) is 43.9 Å². The Morgan fingerprint density at radius 3 is 1.57 bits per heavy atom. The van der Waals surface area contributed by atoms with E-state index in [1.165, 1.54) is 41.7 Å². The van der Waals surface area contributed by atoms with Crippen LogP contribution in [0.3, 0.4) is 0 Å². The number of furan rings is 1. The van der Waals surface area contributed by atoms with Gasteiger partial charge in [0.05, 0.1) is 16.7 Å². The molecular weight excluding hydrogens is 683 g/mol. The summed E-state index contributed by atoms with van der Waals surface area (Å²) in [5.74, 6) is 1.44. The summed E-state index contributed by atoms with van der Waals surface area (Å²) in [4.78, 5) is 10.6. The minimum atomic E-state index is 0.663. The van der Waals surface area contributed by atoms with E-state index in [1.807, 2.05) is 24.3 Å². The first-order valence-corrected chi connectivity index (χ1v) is 19.0. The van der Waals surface area contributed by atoms with Crippen molar-refractivity contribution in [1.29, 1.82) is 0 Å². The molecule has 0 spiro atoms. The third-order valence-corrected chi connectivity index (χ3v) is 11.4. The summed E-state index contributed by atoms with van der Waals surface area (Å²) in [6.45, 7) is 0. The summed E-state index contributed by atoms with van der Waals surface area (Å²) in [6, 6.07) is 66.5. The van der Waals surface area contributed by atoms with Gasteiger partial charge in [0.25, 0.3) is 0 Å². The predicted molar refractivity (Wildman–Crippen MR) is 225 cm³/mol. The molecule has 0 aliphatic heterocycles. The van der Waals surface area contributed by atoms with Crippen LogP contribution in [0.15, 0.2) is 192 Å². The number of benzene rings is 8. The maximum atomic E-state index is 7.13. The third-order valence-electron chi connectivity index (χ3n) is 11.4. The van der Waals surface area contributed by atoms with Gasteiger partial charge in [-0.2, -0.15) is 0 Å². The van der Waals surface area contributed by atoms with Crippen LogP contribution in [-0.4, -0.2) is 14.5 Å². The number of hydrogen-bond acceptors (Lipinski definition) is 3. The Labute approximate surface area is 319 Å². The van der Waals surface area contributed by atoms with Crippen molar-refractivity contribution in [3.05, 3.63) is 230 Å². The van der Waals surface area contributed by atoms with Gasteiger partial charge in [-0.05, 0) is 43.4 Å². The Morgan fingerprint density at radius 2 is 0.911 bits per heavy atom. The summed E-state index contributed by atoms with van der Waals surface area (Å²) in [5, 5.41) is 14.0. The summed E-state index contributed by atoms with van der Waals surface area (Å²) >= 11 is 0. The molecule has 3 heterocycles. The van der Waals surface area contributed by atoms with E-state index in [1.54, 1.807) is 0 Å². The first-order chi connectivity index (χ1) is 27.8. The molecule has 8 aromatic carbocycles. The third kappa shape index (κ3) is 4.41. The summed E-state index contributed by atoms with van der Waals surface area (Å²) < 4.78 is 9.45. The van der Waals surface area contributed by atoms with E-state index in [0.717, 1.165) is 66.4 Å². The first kappa shape index (κ1) is 30.9. The fraction of sp³-hybridized carbons (Fsp3) is 0. The summed E-state index contributed by atoms with van der Waals surface area (Å²) in [6.07, 6.45) is 0. The molecule has 11 aromatic rings. The van der Waals surface area contributed by atoms with Crippen molar-refractivity contribution < 1.29 is 4.42 Å². The Balaban J connectivity index is 1.44. The van der Waals surface area contributed by atoms with Gasteiger partial charge in [0.15, 0.2) is 11.4 Å². The quantitative estimate of drug-likeness (QED) is 0.183. The molecule has 0 N–H and O–H groups in total. The molecule has 12 rings (SSSR count). The highest BCUT2D eigenvalue weighted by Crippen LogP contribution is 2.43. The van der Waals surface area contributed by atoms with Gasteiger partial charge in [-0.25, -0.2) is 9.97 Å². The van der Waals surface area contributed by atoms with E-state index in [9.17, 15) is 0 Å². The molecule has 0 amide bonds. The van der Waals surface area contributed by atoms with Gasteiger partial charge in [0, 0.05) is 49.2 Å². The Morgan fingerprint density at radius 1 is 0.411 bits per heavy atom. The molecule has 0 radical (unpaired) electrons. The molecule has 0 saturated heterocycles. The largest absolute Gasteiger partial charge is 0.454 e. The van der Waals surface area contributed by atoms with Gasteiger partial charge in [-0.15, -0.1) is 0 Å². The predicted octanol–water partition coefficient (Wildman–Crippen LogP) is 12.3. The molecule has 0 unspecified atom stereocenters. The zero-order valence-corrected chi connectivity index (χ0v) is 30.1. The van der Waals surface area contributed by atoms with E-state index in [0.29, 0.717) is 5.82 Å². The van der Waals surface area contributed by atoms with Crippen molar-refractivity contribution in [1.82, 2.24) is 14.5 Å². The Kier molecular flexibility index (Phi) is 6.60. The average molecular weight is 714 g/mol. The second kappa shape index (κ2) is 12.0. The lowest BCUT2D eigenvalue weighted by Gasteiger charge is -2.12. The van der Waals surface area contributed by atoms with E-state index in [2.05, 4.69) is 168 Å². The smallest absolute Gasteiger partial charge is 0.162 e. The lowest BCUT2D eigenvalue weighted by Crippen LogP contribution is -2.03. The second-order valence-electron chi connectivity index (χ2n) is 14.4. The maximum Gasteiger partial charge on any atom is 0.162 e. The number of para-hydroxylation sites is 2. The van der Waals surface area contributed by atoms with E-state index in [4.69, 9.17) is 14.4 Å². The molecule has 0 saturated carbocycles. The number of aromatic nitrogens is 3. The second-order valence-corrected chi connectivity index (χ2v) is 14.4. The monoisotopic (exact) mass is 713 g/mol. The highest BCUT2D eigenvalue weighted by atomic mass is 16.3. The van der Waals surface area contributed by atoms with Crippen LogP contribution in [0.5, 0.6) is 0 Å². The van der Waals surface area contributed by atoms with Gasteiger partial charge in [0.1, 0.15) is 11.4 Å². The minimum Gasteiger partial charge on any atom is -0.454 e. The molecule has 0 fully saturated rings. The molecule has 4 heteroatoms. The van der Waals surface area contributed by atoms with Gasteiger partial charge >= 0.3 is 0 Å². The number of hydrogen-bond donors (Lipinski definition) is 0. The van der Waals surface area contributed by atoms with Gasteiger partial charge in [0.2, 0.25) is 0 Å². The first-order valence-electron chi connectivity index (χ1n) is 19.0. The standard InChI is InChI=1S/C52H31N3O/c1-3-17-32(18-4-1)42-31-45(54-52(53-42)33-19-5-2-6-20-33)55-43-29-15-13-27-40(43)48-46-38-25-11-9-23-36(38)34-21-7-8-22-35(34)37-24-10-12-26-39(37)47(46)49-41-28-14-16-30-44(41)56-51(49)50(48)55/h1-31H. The highest BCUT2D eigenvalue weighted by molar-refractivity contribution is 6.22. The molecule has 56 heavy (non-hydrogen) atoms. The van der Waals surface area contributed by atoms with Crippen LogP contribution in [0.25, 0.3) is 72.2 Å². The molecule has 3 aromatic heterocycles. The van der Waals surface area contributed by atoms with Crippen LogP contribution in [0.2, 0.25) is 0 Å². The van der Waals surface area contributed by atoms with Crippen molar-refractivity contribution in [3.63, 3.8) is 0 Å². The molecule has 1 aliphatic carbocycles. The number of rotatable bonds is 3. The van der Waals surface area contributed by atoms with Crippen molar-refractivity contribution in [2.75, 3.05) is 0 Å². The Hall–Kier alpha value is -7.56. The van der Waals surface area contributed by atoms with E-state index in [-0.39, 0.29) is 0 Å². The molecule has 0 atom stereocenters. The minimum absolute atomic E-state index is 0.663. The van der Waals surface area contributed by atoms with Crippen LogP contribution in [0.1, 0.15) is 0 Å². The molecule has 4 nitrogen and oxygen atoms in total. The van der Waals surface area contributed by atoms with Gasteiger partial charge in [-0.3, -0.25) is 4.57 Å². The van der Waals surface area contributed by atoms with Crippen LogP contribution < -0.4 is 0 Å². The van der Waals surface area contributed by atoms with Crippen molar-refractivity contribution in [2.45, 2.75) is 0 Å². The maximum absolute atomic E-state index is 7.13. The van der Waals surface area contributed by atoms with Crippen molar-refractivity contribution >= 4 is 43.7 Å². The fourth-order valence-electron chi connectivity index (χ4n) is 9.04. The van der Waals surface area contributed by atoms with Crippen LogP contribution in [0.4, 0.5) is 0 Å². The summed E-state index contributed by atoms with van der Waals surface area (Å²) in [7, 11) is 0. The molecule has 1 aliphatic rings. The molecule has 0 bridgehead atoms. The zero-order chi connectivity index (χ0) is 36.7. The summed E-state index contributed by atoms with van der Waals surface area (Å²) in [5.41, 5.74) is 6.53. The molecule has 260 valence electrons. The lowest BCUT2D eigenvalue weighted by atomic mass is 9.96. The van der Waals surface area contributed by atoms with Gasteiger partial charge < -0.3 is 4.42 Å². The van der Waals surface area contributed by atoms with Crippen LogP contribution >= 0.6 is 0 Å². The van der Waals surface area contributed by atoms with E-state index >= 15 is 0 Å². The van der Waals surface area contributed by atoms with Crippen molar-refractivity contribution in [3.8, 4) is 28.5 Å². The average Bonchev–Trinajstić information content (AvgIpc) is 3.83. The van der Waals surface area contributed by atoms with E-state index < -0.39 is 0 Å². The van der Waals surface area contributed by atoms with Crippen LogP contribution in [-0.2, 0) is 0 Å². The number of fused-ring (bicyclic) bond motifs is 13. The normalized spacial score (nSPS) is 11.9. The highest BCUT2D eigenvalue weighted by Gasteiger charge is 2.24. The zero-order valence-electron chi connectivity index (χ0n) is 30.1. The van der Waals surface area contributed by atoms with Gasteiger partial charge in [-0.1, -0.05) is 170 Å². The molecular formula is C52H31N3O. The lowest BCUT2D eigenvalue weighted by molar-refractivity contribution is 0.671. The number of nitrogens with zero attached hydrogens (tertiary/aromatic N) is 3.